The highest BCUT2D eigenvalue weighted by atomic mass is 16.3. The van der Waals surface area contributed by atoms with Crippen LogP contribution in [0.2, 0.25) is 0 Å². The van der Waals surface area contributed by atoms with E-state index >= 15 is 0 Å². The summed E-state index contributed by atoms with van der Waals surface area (Å²) in [7, 11) is 0. The number of rotatable bonds is 9. The van der Waals surface area contributed by atoms with Gasteiger partial charge in [-0.25, -0.2) is 5.43 Å². The number of amides is 1. The van der Waals surface area contributed by atoms with Crippen LogP contribution >= 0.6 is 0 Å². The van der Waals surface area contributed by atoms with Crippen molar-refractivity contribution in [3.63, 3.8) is 0 Å². The van der Waals surface area contributed by atoms with Crippen LogP contribution in [0.15, 0.2) is 35.6 Å². The molecule has 0 aliphatic rings. The van der Waals surface area contributed by atoms with Crippen LogP contribution in [0.1, 0.15) is 57.9 Å². The second-order valence-electron chi connectivity index (χ2n) is 6.23. The molecule has 1 aromatic carbocycles. The zero-order valence-electron chi connectivity index (χ0n) is 14.5. The van der Waals surface area contributed by atoms with E-state index in [1.807, 2.05) is 44.3 Å². The SMILES string of the molecule is CCCCC(O)(CCCC)C(=O)NN=Cc1c[nH]c2ccccc12. The zero-order chi connectivity index (χ0) is 17.4. The number of unbranched alkanes of at least 4 members (excludes halogenated alkanes) is 2. The maximum absolute atomic E-state index is 12.4. The summed E-state index contributed by atoms with van der Waals surface area (Å²) in [6.45, 7) is 4.10. The van der Waals surface area contributed by atoms with Gasteiger partial charge in [0.2, 0.25) is 0 Å². The van der Waals surface area contributed by atoms with Crippen LogP contribution in [0.3, 0.4) is 0 Å². The largest absolute Gasteiger partial charge is 0.380 e. The van der Waals surface area contributed by atoms with Crippen molar-refractivity contribution in [1.29, 1.82) is 0 Å². The van der Waals surface area contributed by atoms with Gasteiger partial charge >= 0.3 is 0 Å². The Balaban J connectivity index is 2.03. The quantitative estimate of drug-likeness (QED) is 0.484. The van der Waals surface area contributed by atoms with Crippen LogP contribution in [0.5, 0.6) is 0 Å². The summed E-state index contributed by atoms with van der Waals surface area (Å²) < 4.78 is 0. The molecule has 130 valence electrons. The number of carbonyl (C=O) groups excluding carboxylic acids is 1. The highest BCUT2D eigenvalue weighted by Gasteiger charge is 2.34. The van der Waals surface area contributed by atoms with E-state index in [1.54, 1.807) is 6.21 Å². The first kappa shape index (κ1) is 18.2. The van der Waals surface area contributed by atoms with Gasteiger partial charge in [-0.2, -0.15) is 5.10 Å². The maximum atomic E-state index is 12.4. The van der Waals surface area contributed by atoms with Crippen molar-refractivity contribution in [3.8, 4) is 0 Å². The third-order valence-electron chi connectivity index (χ3n) is 4.30. The lowest BCUT2D eigenvalue weighted by Crippen LogP contribution is -2.45. The Kier molecular flexibility index (Phi) is 6.55. The summed E-state index contributed by atoms with van der Waals surface area (Å²) in [6.07, 6.45) is 7.92. The number of hydrazone groups is 1. The lowest BCUT2D eigenvalue weighted by molar-refractivity contribution is -0.141. The fourth-order valence-electron chi connectivity index (χ4n) is 2.76. The highest BCUT2D eigenvalue weighted by molar-refractivity contribution is 5.99. The van der Waals surface area contributed by atoms with E-state index in [0.29, 0.717) is 12.8 Å². The van der Waals surface area contributed by atoms with Gasteiger partial charge in [-0.15, -0.1) is 0 Å². The normalized spacial score (nSPS) is 12.1. The minimum absolute atomic E-state index is 0.416. The second-order valence-corrected chi connectivity index (χ2v) is 6.23. The van der Waals surface area contributed by atoms with E-state index < -0.39 is 11.5 Å². The Morgan fingerprint density at radius 3 is 2.58 bits per heavy atom. The van der Waals surface area contributed by atoms with Crippen molar-refractivity contribution in [2.24, 2.45) is 5.10 Å². The fraction of sp³-hybridized carbons (Fsp3) is 0.474. The Morgan fingerprint density at radius 1 is 1.25 bits per heavy atom. The molecule has 5 nitrogen and oxygen atoms in total. The molecule has 0 unspecified atom stereocenters. The molecule has 0 fully saturated rings. The molecule has 0 atom stereocenters. The molecule has 24 heavy (non-hydrogen) atoms. The van der Waals surface area contributed by atoms with Gasteiger partial charge in [0.25, 0.3) is 5.91 Å². The lowest BCUT2D eigenvalue weighted by Gasteiger charge is -2.25. The lowest BCUT2D eigenvalue weighted by atomic mass is 9.90. The standard InChI is InChI=1S/C19H27N3O2/c1-3-5-11-19(24,12-6-4-2)18(23)22-21-14-15-13-20-17-10-8-7-9-16(15)17/h7-10,13-14,20,24H,3-6,11-12H2,1-2H3,(H,22,23). The molecule has 2 rings (SSSR count). The van der Waals surface area contributed by atoms with Gasteiger partial charge in [-0.3, -0.25) is 4.79 Å². The van der Waals surface area contributed by atoms with E-state index in [4.69, 9.17) is 0 Å². The predicted molar refractivity (Wildman–Crippen MR) is 98.0 cm³/mol. The Labute approximate surface area is 143 Å². The van der Waals surface area contributed by atoms with Crippen molar-refractivity contribution in [2.75, 3.05) is 0 Å². The summed E-state index contributed by atoms with van der Waals surface area (Å²) in [5, 5.41) is 15.8. The average molecular weight is 329 g/mol. The summed E-state index contributed by atoms with van der Waals surface area (Å²) in [4.78, 5) is 15.5. The van der Waals surface area contributed by atoms with E-state index in [-0.39, 0.29) is 0 Å². The molecule has 0 radical (unpaired) electrons. The van der Waals surface area contributed by atoms with E-state index in [1.165, 1.54) is 0 Å². The molecule has 0 spiro atoms. The van der Waals surface area contributed by atoms with Crippen LogP contribution in [0, 0.1) is 0 Å². The van der Waals surface area contributed by atoms with Gasteiger partial charge in [0.05, 0.1) is 6.21 Å². The van der Waals surface area contributed by atoms with Crippen LogP contribution < -0.4 is 5.43 Å². The highest BCUT2D eigenvalue weighted by Crippen LogP contribution is 2.22. The summed E-state index contributed by atoms with van der Waals surface area (Å²) in [5.74, 6) is -0.416. The number of hydrogen-bond donors (Lipinski definition) is 3. The summed E-state index contributed by atoms with van der Waals surface area (Å²) in [5.41, 5.74) is 3.10. The molecule has 0 aliphatic heterocycles. The number of aromatic nitrogens is 1. The number of aromatic amines is 1. The van der Waals surface area contributed by atoms with Gasteiger partial charge in [0, 0.05) is 22.7 Å². The number of nitrogens with one attached hydrogen (secondary N) is 2. The van der Waals surface area contributed by atoms with Crippen molar-refractivity contribution in [3.05, 3.63) is 36.0 Å². The smallest absolute Gasteiger partial charge is 0.271 e. The number of benzene rings is 1. The van der Waals surface area contributed by atoms with Gasteiger partial charge in [-0.05, 0) is 18.9 Å². The molecule has 0 bridgehead atoms. The molecule has 0 saturated carbocycles. The van der Waals surface area contributed by atoms with Crippen molar-refractivity contribution >= 4 is 23.0 Å². The molecule has 3 N–H and O–H groups in total. The molecule has 1 heterocycles. The predicted octanol–water partition coefficient (Wildman–Crippen LogP) is 3.73. The van der Waals surface area contributed by atoms with Gasteiger partial charge in [0.1, 0.15) is 5.60 Å². The molecule has 5 heteroatoms. The number of nitrogens with zero attached hydrogens (tertiary/aromatic N) is 1. The number of para-hydroxylation sites is 1. The zero-order valence-corrected chi connectivity index (χ0v) is 14.5. The number of aliphatic hydroxyl groups is 1. The van der Waals surface area contributed by atoms with Gasteiger partial charge < -0.3 is 10.1 Å². The third kappa shape index (κ3) is 4.45. The molecular weight excluding hydrogens is 302 g/mol. The topological polar surface area (TPSA) is 77.5 Å². The summed E-state index contributed by atoms with van der Waals surface area (Å²) >= 11 is 0. The van der Waals surface area contributed by atoms with Crippen LogP contribution in [-0.4, -0.2) is 27.8 Å². The monoisotopic (exact) mass is 329 g/mol. The van der Waals surface area contributed by atoms with Crippen LogP contribution in [0.25, 0.3) is 10.9 Å². The van der Waals surface area contributed by atoms with Gasteiger partial charge in [0.15, 0.2) is 0 Å². The Morgan fingerprint density at radius 2 is 1.92 bits per heavy atom. The molecule has 0 aliphatic carbocycles. The molecule has 1 aromatic heterocycles. The Hall–Kier alpha value is -2.14. The molecule has 2 aromatic rings. The first-order valence-electron chi connectivity index (χ1n) is 8.72. The third-order valence-corrected chi connectivity index (χ3v) is 4.30. The average Bonchev–Trinajstić information content (AvgIpc) is 3.01. The number of carbonyl (C=O) groups is 1. The number of hydrogen-bond acceptors (Lipinski definition) is 3. The van der Waals surface area contributed by atoms with Gasteiger partial charge in [-0.1, -0.05) is 57.7 Å². The summed E-state index contributed by atoms with van der Waals surface area (Å²) in [6, 6.07) is 7.90. The second kappa shape index (κ2) is 8.64. The minimum atomic E-state index is -1.33. The van der Waals surface area contributed by atoms with Crippen LogP contribution in [-0.2, 0) is 4.79 Å². The Bertz CT molecular complexity index is 683. The first-order valence-corrected chi connectivity index (χ1v) is 8.72. The minimum Gasteiger partial charge on any atom is -0.380 e. The molecular formula is C19H27N3O2. The molecule has 0 saturated heterocycles. The van der Waals surface area contributed by atoms with Crippen molar-refractivity contribution in [2.45, 2.75) is 58.0 Å². The molecule has 1 amide bonds. The number of H-pyrrole nitrogens is 1. The number of fused-ring (bicyclic) bond motifs is 1. The first-order chi connectivity index (χ1) is 11.6. The maximum Gasteiger partial charge on any atom is 0.271 e. The van der Waals surface area contributed by atoms with Crippen molar-refractivity contribution < 1.29 is 9.90 Å². The fourth-order valence-corrected chi connectivity index (χ4v) is 2.76. The van der Waals surface area contributed by atoms with E-state index in [9.17, 15) is 9.90 Å². The van der Waals surface area contributed by atoms with E-state index in [0.717, 1.165) is 42.1 Å². The van der Waals surface area contributed by atoms with Crippen LogP contribution in [0.4, 0.5) is 0 Å². The van der Waals surface area contributed by atoms with Crippen molar-refractivity contribution in [1.82, 2.24) is 10.4 Å². The van der Waals surface area contributed by atoms with E-state index in [2.05, 4.69) is 15.5 Å².